The number of rotatable bonds is 5. The monoisotopic (exact) mass is 434 g/mol. The van der Waals surface area contributed by atoms with Crippen LogP contribution in [0.5, 0.6) is 0 Å². The smallest absolute Gasteiger partial charge is 0.276 e. The molecule has 31 heavy (non-hydrogen) atoms. The number of likely N-dealkylation sites (tertiary alicyclic amines) is 1. The van der Waals surface area contributed by atoms with Crippen LogP contribution in [0.15, 0.2) is 54.6 Å². The largest absolute Gasteiger partial charge is 0.335 e. The summed E-state index contributed by atoms with van der Waals surface area (Å²) in [6.07, 6.45) is 2.97. The van der Waals surface area contributed by atoms with E-state index in [0.717, 1.165) is 56.4 Å². The molecule has 4 amide bonds. The zero-order chi connectivity index (χ0) is 21.4. The maximum atomic E-state index is 13.0. The van der Waals surface area contributed by atoms with E-state index >= 15 is 0 Å². The fourth-order valence-electron chi connectivity index (χ4n) is 4.23. The first-order valence-corrected chi connectivity index (χ1v) is 11.2. The zero-order valence-electron chi connectivity index (χ0n) is 16.9. The van der Waals surface area contributed by atoms with E-state index in [0.29, 0.717) is 0 Å². The van der Waals surface area contributed by atoms with Gasteiger partial charge in [-0.3, -0.25) is 19.4 Å². The molecule has 0 N–H and O–H groups in total. The van der Waals surface area contributed by atoms with Crippen LogP contribution in [0.4, 0.5) is 4.79 Å². The molecule has 0 radical (unpaired) electrons. The van der Waals surface area contributed by atoms with Crippen LogP contribution in [0, 0.1) is 0 Å². The number of hydrogen-bond acceptors (Lipinski definition) is 6. The van der Waals surface area contributed by atoms with Crippen LogP contribution in [0.2, 0.25) is 0 Å². The fourth-order valence-corrected chi connectivity index (χ4v) is 5.37. The summed E-state index contributed by atoms with van der Waals surface area (Å²) in [6, 6.07) is 16.7. The van der Waals surface area contributed by atoms with Gasteiger partial charge in [-0.25, -0.2) is 14.7 Å². The van der Waals surface area contributed by atoms with Crippen molar-refractivity contribution in [1.82, 2.24) is 19.7 Å². The highest BCUT2D eigenvalue weighted by Crippen LogP contribution is 2.36. The number of carbonyl (C=O) groups excluding carboxylic acids is 3. The molecule has 2 fully saturated rings. The Bertz CT molecular complexity index is 1110. The Kier molecular flexibility index (Phi) is 5.25. The molecular formula is C23H22N4O3S. The van der Waals surface area contributed by atoms with Crippen molar-refractivity contribution in [2.45, 2.75) is 31.8 Å². The lowest BCUT2D eigenvalue weighted by Crippen LogP contribution is -2.45. The van der Waals surface area contributed by atoms with Crippen LogP contribution in [-0.4, -0.2) is 50.7 Å². The SMILES string of the molecule is O=C1C(=O)N(CN2CCCCC2c2nc3ccccc3s2)C(=O)N1Cc1ccccc1. The van der Waals surface area contributed by atoms with E-state index in [1.807, 2.05) is 48.5 Å². The summed E-state index contributed by atoms with van der Waals surface area (Å²) >= 11 is 1.65. The van der Waals surface area contributed by atoms with Gasteiger partial charge in [0, 0.05) is 6.54 Å². The Morgan fingerprint density at radius 2 is 1.65 bits per heavy atom. The van der Waals surface area contributed by atoms with Gasteiger partial charge in [0.2, 0.25) is 0 Å². The molecule has 0 saturated carbocycles. The number of para-hydroxylation sites is 1. The van der Waals surface area contributed by atoms with Crippen LogP contribution in [0.25, 0.3) is 10.2 Å². The van der Waals surface area contributed by atoms with Gasteiger partial charge in [0.15, 0.2) is 0 Å². The Balaban J connectivity index is 1.36. The topological polar surface area (TPSA) is 73.8 Å². The number of imide groups is 2. The third kappa shape index (κ3) is 3.73. The number of urea groups is 1. The summed E-state index contributed by atoms with van der Waals surface area (Å²) in [6.45, 7) is 0.960. The summed E-state index contributed by atoms with van der Waals surface area (Å²) in [5.74, 6) is -1.52. The van der Waals surface area contributed by atoms with Gasteiger partial charge in [0.25, 0.3) is 0 Å². The number of nitrogens with zero attached hydrogens (tertiary/aromatic N) is 4. The minimum absolute atomic E-state index is 0.0324. The van der Waals surface area contributed by atoms with E-state index in [1.54, 1.807) is 11.3 Å². The lowest BCUT2D eigenvalue weighted by molar-refractivity contribution is -0.144. The van der Waals surface area contributed by atoms with Crippen LogP contribution in [0.1, 0.15) is 35.9 Å². The average Bonchev–Trinajstić information content (AvgIpc) is 3.32. The van der Waals surface area contributed by atoms with Crippen molar-refractivity contribution in [3.63, 3.8) is 0 Å². The molecule has 2 aromatic carbocycles. The quantitative estimate of drug-likeness (QED) is 0.451. The average molecular weight is 435 g/mol. The van der Waals surface area contributed by atoms with Crippen molar-refractivity contribution >= 4 is 39.4 Å². The molecular weight excluding hydrogens is 412 g/mol. The highest BCUT2D eigenvalue weighted by molar-refractivity contribution is 7.18. The van der Waals surface area contributed by atoms with Crippen molar-refractivity contribution < 1.29 is 14.4 Å². The fraction of sp³-hybridized carbons (Fsp3) is 0.304. The Morgan fingerprint density at radius 1 is 0.903 bits per heavy atom. The zero-order valence-corrected chi connectivity index (χ0v) is 17.8. The van der Waals surface area contributed by atoms with Gasteiger partial charge in [-0.2, -0.15) is 0 Å². The molecule has 0 aliphatic carbocycles. The maximum Gasteiger partial charge on any atom is 0.335 e. The number of fused-ring (bicyclic) bond motifs is 1. The lowest BCUT2D eigenvalue weighted by atomic mass is 10.0. The van der Waals surface area contributed by atoms with Gasteiger partial charge in [0.05, 0.1) is 29.5 Å². The maximum absolute atomic E-state index is 13.0. The van der Waals surface area contributed by atoms with Crippen molar-refractivity contribution in [3.05, 3.63) is 65.2 Å². The number of benzene rings is 2. The normalized spacial score (nSPS) is 20.3. The molecule has 2 saturated heterocycles. The molecule has 2 aliphatic heterocycles. The Hall–Kier alpha value is -3.10. The Labute approximate surface area is 183 Å². The summed E-state index contributed by atoms with van der Waals surface area (Å²) in [4.78, 5) is 47.2. The first-order chi connectivity index (χ1) is 15.1. The number of aromatic nitrogens is 1. The van der Waals surface area contributed by atoms with Crippen LogP contribution in [0.3, 0.4) is 0 Å². The van der Waals surface area contributed by atoms with E-state index in [4.69, 9.17) is 4.98 Å². The summed E-state index contributed by atoms with van der Waals surface area (Å²) < 4.78 is 1.13. The van der Waals surface area contributed by atoms with Crippen molar-refractivity contribution in [3.8, 4) is 0 Å². The molecule has 1 atom stereocenters. The van der Waals surface area contributed by atoms with E-state index in [9.17, 15) is 14.4 Å². The van der Waals surface area contributed by atoms with Crippen molar-refractivity contribution in [2.24, 2.45) is 0 Å². The van der Waals surface area contributed by atoms with Crippen LogP contribution < -0.4 is 0 Å². The van der Waals surface area contributed by atoms with Crippen LogP contribution >= 0.6 is 11.3 Å². The lowest BCUT2D eigenvalue weighted by Gasteiger charge is -2.36. The standard InChI is InChI=1S/C23H22N4O3S/c28-21-22(29)27(23(30)26(21)14-16-8-2-1-3-9-16)15-25-13-7-6-11-18(25)20-24-17-10-4-5-12-19(17)31-20/h1-5,8-10,12,18H,6-7,11,13-15H2. The van der Waals surface area contributed by atoms with Gasteiger partial charge in [-0.1, -0.05) is 48.9 Å². The number of thiazole rings is 1. The van der Waals surface area contributed by atoms with E-state index in [2.05, 4.69) is 11.0 Å². The predicted octanol–water partition coefficient (Wildman–Crippen LogP) is 3.77. The van der Waals surface area contributed by atoms with E-state index in [1.165, 1.54) is 0 Å². The van der Waals surface area contributed by atoms with Gasteiger partial charge < -0.3 is 0 Å². The highest BCUT2D eigenvalue weighted by Gasteiger charge is 2.45. The molecule has 5 rings (SSSR count). The second-order valence-electron chi connectivity index (χ2n) is 7.88. The molecule has 1 aromatic heterocycles. The summed E-state index contributed by atoms with van der Waals surface area (Å²) in [5, 5.41) is 0.993. The number of piperidine rings is 1. The number of hydrogen-bond donors (Lipinski definition) is 0. The van der Waals surface area contributed by atoms with Gasteiger partial charge >= 0.3 is 17.8 Å². The molecule has 7 nitrogen and oxygen atoms in total. The third-order valence-corrected chi connectivity index (χ3v) is 6.99. The van der Waals surface area contributed by atoms with E-state index in [-0.39, 0.29) is 19.3 Å². The predicted molar refractivity (Wildman–Crippen MR) is 117 cm³/mol. The van der Waals surface area contributed by atoms with Crippen molar-refractivity contribution in [2.75, 3.05) is 13.2 Å². The molecule has 3 aromatic rings. The minimum atomic E-state index is -0.762. The number of amides is 4. The molecule has 1 unspecified atom stereocenters. The highest BCUT2D eigenvalue weighted by atomic mass is 32.1. The van der Waals surface area contributed by atoms with Crippen molar-refractivity contribution in [1.29, 1.82) is 0 Å². The second-order valence-corrected chi connectivity index (χ2v) is 8.94. The molecule has 3 heterocycles. The first-order valence-electron chi connectivity index (χ1n) is 10.4. The van der Waals surface area contributed by atoms with Gasteiger partial charge in [-0.15, -0.1) is 11.3 Å². The molecule has 0 spiro atoms. The molecule has 158 valence electrons. The van der Waals surface area contributed by atoms with Gasteiger partial charge in [0.1, 0.15) is 5.01 Å². The minimum Gasteiger partial charge on any atom is -0.276 e. The summed E-state index contributed by atoms with van der Waals surface area (Å²) in [5.41, 5.74) is 1.77. The number of carbonyl (C=O) groups is 3. The molecule has 2 aliphatic rings. The molecule has 0 bridgehead atoms. The summed E-state index contributed by atoms with van der Waals surface area (Å²) in [7, 11) is 0. The van der Waals surface area contributed by atoms with E-state index < -0.39 is 17.8 Å². The first kappa shape index (κ1) is 19.8. The third-order valence-electron chi connectivity index (χ3n) is 5.85. The van der Waals surface area contributed by atoms with Gasteiger partial charge in [-0.05, 0) is 30.5 Å². The second kappa shape index (κ2) is 8.20. The Morgan fingerprint density at radius 3 is 2.45 bits per heavy atom. The molecule has 8 heteroatoms. The van der Waals surface area contributed by atoms with Crippen LogP contribution in [-0.2, 0) is 16.1 Å².